The van der Waals surface area contributed by atoms with Gasteiger partial charge < -0.3 is 20.7 Å². The Labute approximate surface area is 92.9 Å². The molecule has 1 saturated heterocycles. The molecule has 0 bridgehead atoms. The van der Waals surface area contributed by atoms with E-state index in [4.69, 9.17) is 10.5 Å². The van der Waals surface area contributed by atoms with Crippen molar-refractivity contribution in [3.05, 3.63) is 0 Å². The van der Waals surface area contributed by atoms with Crippen molar-refractivity contribution in [1.29, 1.82) is 0 Å². The maximum absolute atomic E-state index is 11.3. The smallest absolute Gasteiger partial charge is 0.249 e. The van der Waals surface area contributed by atoms with Crippen molar-refractivity contribution in [2.75, 3.05) is 32.8 Å². The lowest BCUT2D eigenvalue weighted by atomic mass is 10.3. The van der Waals surface area contributed by atoms with Crippen LogP contribution in [0.5, 0.6) is 0 Å². The van der Waals surface area contributed by atoms with Crippen molar-refractivity contribution in [3.8, 4) is 0 Å². The first kappa shape index (κ1) is 12.4. The van der Waals surface area contributed by atoms with Gasteiger partial charge in [0, 0.05) is 19.5 Å². The summed E-state index contributed by atoms with van der Waals surface area (Å²) in [4.78, 5) is 34.4. The summed E-state index contributed by atoms with van der Waals surface area (Å²) in [6, 6.07) is 0. The number of ether oxygens (including phenoxy) is 1. The van der Waals surface area contributed by atoms with Gasteiger partial charge in [-0.15, -0.1) is 0 Å². The Hall–Kier alpha value is -1.63. The first-order valence-corrected chi connectivity index (χ1v) is 5.00. The molecule has 0 aromatic rings. The second-order valence-electron chi connectivity index (χ2n) is 3.43. The third-order valence-corrected chi connectivity index (χ3v) is 2.11. The number of rotatable bonds is 5. The highest BCUT2D eigenvalue weighted by atomic mass is 16.5. The van der Waals surface area contributed by atoms with Crippen LogP contribution in [0.2, 0.25) is 0 Å². The van der Waals surface area contributed by atoms with E-state index < -0.39 is 5.91 Å². The van der Waals surface area contributed by atoms with E-state index in [1.165, 1.54) is 4.90 Å². The molecule has 0 radical (unpaired) electrons. The van der Waals surface area contributed by atoms with Gasteiger partial charge >= 0.3 is 0 Å². The van der Waals surface area contributed by atoms with E-state index in [0.717, 1.165) is 0 Å². The minimum atomic E-state index is -0.470. The van der Waals surface area contributed by atoms with Crippen molar-refractivity contribution in [2.24, 2.45) is 5.73 Å². The average molecular weight is 229 g/mol. The summed E-state index contributed by atoms with van der Waals surface area (Å²) in [6.07, 6.45) is 0.1000. The molecule has 3 N–H and O–H groups in total. The maximum Gasteiger partial charge on any atom is 0.249 e. The molecule has 7 heteroatoms. The fourth-order valence-electron chi connectivity index (χ4n) is 1.27. The van der Waals surface area contributed by atoms with Crippen LogP contribution in [0.3, 0.4) is 0 Å². The summed E-state index contributed by atoms with van der Waals surface area (Å²) in [5.41, 5.74) is 4.91. The van der Waals surface area contributed by atoms with Gasteiger partial charge in [-0.2, -0.15) is 0 Å². The van der Waals surface area contributed by atoms with Crippen LogP contribution >= 0.6 is 0 Å². The quantitative estimate of drug-likeness (QED) is 0.560. The number of nitrogens with zero attached hydrogens (tertiary/aromatic N) is 1. The van der Waals surface area contributed by atoms with Crippen LogP contribution < -0.4 is 11.1 Å². The highest BCUT2D eigenvalue weighted by Crippen LogP contribution is 1.97. The van der Waals surface area contributed by atoms with E-state index in [-0.39, 0.29) is 37.9 Å². The van der Waals surface area contributed by atoms with Crippen LogP contribution in [0.15, 0.2) is 0 Å². The van der Waals surface area contributed by atoms with Gasteiger partial charge in [0.2, 0.25) is 17.7 Å². The van der Waals surface area contributed by atoms with Crippen molar-refractivity contribution >= 4 is 17.7 Å². The summed E-state index contributed by atoms with van der Waals surface area (Å²) < 4.78 is 4.92. The molecule has 0 aromatic carbocycles. The predicted octanol–water partition coefficient (Wildman–Crippen LogP) is -2.16. The molecule has 0 aliphatic carbocycles. The zero-order valence-corrected chi connectivity index (χ0v) is 8.90. The Bertz CT molecular complexity index is 292. The number of nitrogens with one attached hydrogen (secondary N) is 1. The Morgan fingerprint density at radius 3 is 2.88 bits per heavy atom. The number of amides is 3. The lowest BCUT2D eigenvalue weighted by Crippen LogP contribution is -2.47. The normalized spacial score (nSPS) is 16.0. The minimum Gasteiger partial charge on any atom is -0.370 e. The third-order valence-electron chi connectivity index (χ3n) is 2.11. The first-order chi connectivity index (χ1) is 7.59. The lowest BCUT2D eigenvalue weighted by Gasteiger charge is -2.25. The number of hydrogen-bond donors (Lipinski definition) is 2. The first-order valence-electron chi connectivity index (χ1n) is 5.00. The van der Waals surface area contributed by atoms with E-state index in [2.05, 4.69) is 5.32 Å². The Morgan fingerprint density at radius 1 is 1.50 bits per heavy atom. The number of morpholine rings is 1. The zero-order chi connectivity index (χ0) is 12.0. The topological polar surface area (TPSA) is 102 Å². The van der Waals surface area contributed by atoms with E-state index >= 15 is 0 Å². The molecule has 1 fully saturated rings. The molecule has 0 unspecified atom stereocenters. The molecule has 0 saturated carbocycles. The van der Waals surface area contributed by atoms with Gasteiger partial charge in [0.1, 0.15) is 6.61 Å². The van der Waals surface area contributed by atoms with Gasteiger partial charge in [0.25, 0.3) is 0 Å². The Morgan fingerprint density at radius 2 is 2.25 bits per heavy atom. The van der Waals surface area contributed by atoms with Gasteiger partial charge in [-0.3, -0.25) is 14.4 Å². The standard InChI is InChI=1S/C9H15N3O4/c10-7(13)1-2-11-8(14)5-12-3-4-16-6-9(12)15/h1-6H2,(H2,10,13)(H,11,14). The molecule has 0 aromatic heterocycles. The Kier molecular flexibility index (Phi) is 4.71. The number of carbonyl (C=O) groups is 3. The summed E-state index contributed by atoms with van der Waals surface area (Å²) in [7, 11) is 0. The molecule has 16 heavy (non-hydrogen) atoms. The highest BCUT2D eigenvalue weighted by Gasteiger charge is 2.20. The van der Waals surface area contributed by atoms with Gasteiger partial charge in [-0.25, -0.2) is 0 Å². The second-order valence-corrected chi connectivity index (χ2v) is 3.43. The van der Waals surface area contributed by atoms with Crippen molar-refractivity contribution in [2.45, 2.75) is 6.42 Å². The summed E-state index contributed by atoms with van der Waals surface area (Å²) >= 11 is 0. The van der Waals surface area contributed by atoms with Crippen LogP contribution in [-0.2, 0) is 19.1 Å². The predicted molar refractivity (Wildman–Crippen MR) is 54.2 cm³/mol. The highest BCUT2D eigenvalue weighted by molar-refractivity contribution is 5.85. The summed E-state index contributed by atoms with van der Waals surface area (Å²) in [5, 5.41) is 2.51. The van der Waals surface area contributed by atoms with Gasteiger partial charge in [0.05, 0.1) is 13.2 Å². The summed E-state index contributed by atoms with van der Waals surface area (Å²) in [6.45, 7) is 1.09. The average Bonchev–Trinajstić information content (AvgIpc) is 2.21. The molecule has 0 spiro atoms. The third kappa shape index (κ3) is 4.26. The molecule has 90 valence electrons. The van der Waals surface area contributed by atoms with E-state index in [1.807, 2.05) is 0 Å². The maximum atomic E-state index is 11.3. The van der Waals surface area contributed by atoms with Crippen LogP contribution in [0.4, 0.5) is 0 Å². The van der Waals surface area contributed by atoms with Crippen LogP contribution in [0, 0.1) is 0 Å². The van der Waals surface area contributed by atoms with Crippen molar-refractivity contribution in [1.82, 2.24) is 10.2 Å². The number of nitrogens with two attached hydrogens (primary N) is 1. The zero-order valence-electron chi connectivity index (χ0n) is 8.90. The molecule has 1 heterocycles. The van der Waals surface area contributed by atoms with Crippen molar-refractivity contribution < 1.29 is 19.1 Å². The minimum absolute atomic E-state index is 0.000948. The van der Waals surface area contributed by atoms with Crippen molar-refractivity contribution in [3.63, 3.8) is 0 Å². The summed E-state index contributed by atoms with van der Waals surface area (Å²) in [5.74, 6) is -0.962. The number of hydrogen-bond acceptors (Lipinski definition) is 4. The van der Waals surface area contributed by atoms with Crippen LogP contribution in [0.1, 0.15) is 6.42 Å². The molecule has 1 aliphatic rings. The SMILES string of the molecule is NC(=O)CCNC(=O)CN1CCOCC1=O. The van der Waals surface area contributed by atoms with E-state index in [9.17, 15) is 14.4 Å². The molecular formula is C9H15N3O4. The number of carbonyl (C=O) groups excluding carboxylic acids is 3. The fourth-order valence-corrected chi connectivity index (χ4v) is 1.27. The molecule has 1 rings (SSSR count). The van der Waals surface area contributed by atoms with E-state index in [0.29, 0.717) is 13.2 Å². The van der Waals surface area contributed by atoms with Gasteiger partial charge in [-0.05, 0) is 0 Å². The van der Waals surface area contributed by atoms with Gasteiger partial charge in [0.15, 0.2) is 0 Å². The largest absolute Gasteiger partial charge is 0.370 e. The molecule has 1 aliphatic heterocycles. The van der Waals surface area contributed by atoms with E-state index in [1.54, 1.807) is 0 Å². The van der Waals surface area contributed by atoms with Gasteiger partial charge in [-0.1, -0.05) is 0 Å². The lowest BCUT2D eigenvalue weighted by molar-refractivity contribution is -0.145. The monoisotopic (exact) mass is 229 g/mol. The fraction of sp³-hybridized carbons (Fsp3) is 0.667. The molecule has 3 amide bonds. The van der Waals surface area contributed by atoms with Crippen LogP contribution in [-0.4, -0.2) is 55.5 Å². The Balaban J connectivity index is 2.22. The molecule has 7 nitrogen and oxygen atoms in total. The molecule has 0 atom stereocenters. The van der Waals surface area contributed by atoms with Crippen LogP contribution in [0.25, 0.3) is 0 Å². The number of primary amides is 1. The molecular weight excluding hydrogens is 214 g/mol. The second kappa shape index (κ2) is 6.06.